The van der Waals surface area contributed by atoms with Crippen LogP contribution in [0.2, 0.25) is 0 Å². The molecule has 2 nitrogen and oxygen atoms in total. The third-order valence-electron chi connectivity index (χ3n) is 3.07. The minimum absolute atomic E-state index is 0.0730. The highest BCUT2D eigenvalue weighted by molar-refractivity contribution is 5.24. The van der Waals surface area contributed by atoms with Gasteiger partial charge in [-0.15, -0.1) is 0 Å². The smallest absolute Gasteiger partial charge is 0.123 e. The van der Waals surface area contributed by atoms with E-state index in [0.717, 1.165) is 18.7 Å². The number of nitrogens with two attached hydrogens (primary N) is 1. The van der Waals surface area contributed by atoms with Gasteiger partial charge in [0.15, 0.2) is 0 Å². The summed E-state index contributed by atoms with van der Waals surface area (Å²) in [5.74, 6) is 0.296. The van der Waals surface area contributed by atoms with Crippen molar-refractivity contribution in [3.63, 3.8) is 0 Å². The first kappa shape index (κ1) is 14.1. The van der Waals surface area contributed by atoms with E-state index in [2.05, 4.69) is 26.1 Å². The van der Waals surface area contributed by atoms with Crippen molar-refractivity contribution in [1.29, 1.82) is 0 Å². The highest BCUT2D eigenvalue weighted by Gasteiger charge is 2.20. The molecule has 17 heavy (non-hydrogen) atoms. The first-order valence-corrected chi connectivity index (χ1v) is 6.12. The summed E-state index contributed by atoms with van der Waals surface area (Å²) in [6, 6.07) is 6.81. The van der Waals surface area contributed by atoms with Crippen molar-refractivity contribution < 1.29 is 4.39 Å². The van der Waals surface area contributed by atoms with Crippen LogP contribution >= 0.6 is 0 Å². The zero-order valence-corrected chi connectivity index (χ0v) is 11.0. The van der Waals surface area contributed by atoms with Crippen molar-refractivity contribution in [2.75, 3.05) is 19.6 Å². The molecule has 1 unspecified atom stereocenters. The lowest BCUT2D eigenvalue weighted by atomic mass is 9.84. The van der Waals surface area contributed by atoms with Gasteiger partial charge in [-0.25, -0.2) is 4.39 Å². The molecule has 96 valence electrons. The quantitative estimate of drug-likeness (QED) is 0.798. The number of hydrogen-bond donors (Lipinski definition) is 2. The standard InChI is InChI=1S/C14H23FN2/c1-11(8-16)9-17-10-14(2,3)12-5-4-6-13(15)7-12/h4-7,11,17H,8-10,16H2,1-3H3. The van der Waals surface area contributed by atoms with Gasteiger partial charge in [0.1, 0.15) is 5.82 Å². The Hall–Kier alpha value is -0.930. The lowest BCUT2D eigenvalue weighted by Crippen LogP contribution is -2.36. The predicted octanol–water partition coefficient (Wildman–Crippen LogP) is 2.29. The molecular weight excluding hydrogens is 215 g/mol. The summed E-state index contributed by atoms with van der Waals surface area (Å²) >= 11 is 0. The van der Waals surface area contributed by atoms with Gasteiger partial charge in [0, 0.05) is 12.0 Å². The summed E-state index contributed by atoms with van der Waals surface area (Å²) in [7, 11) is 0. The molecule has 0 aliphatic rings. The second-order valence-corrected chi connectivity index (χ2v) is 5.37. The van der Waals surface area contributed by atoms with Crippen LogP contribution < -0.4 is 11.1 Å². The Kier molecular flexibility index (Phi) is 5.09. The zero-order chi connectivity index (χ0) is 12.9. The van der Waals surface area contributed by atoms with Crippen molar-refractivity contribution >= 4 is 0 Å². The molecule has 0 saturated heterocycles. The maximum atomic E-state index is 13.2. The SMILES string of the molecule is CC(CN)CNCC(C)(C)c1cccc(F)c1. The van der Waals surface area contributed by atoms with Gasteiger partial charge >= 0.3 is 0 Å². The highest BCUT2D eigenvalue weighted by atomic mass is 19.1. The molecule has 0 aliphatic carbocycles. The van der Waals surface area contributed by atoms with Crippen LogP contribution in [0.4, 0.5) is 4.39 Å². The van der Waals surface area contributed by atoms with Gasteiger partial charge in [-0.3, -0.25) is 0 Å². The fraction of sp³-hybridized carbons (Fsp3) is 0.571. The summed E-state index contributed by atoms with van der Waals surface area (Å²) in [5.41, 5.74) is 6.51. The first-order chi connectivity index (χ1) is 7.95. The fourth-order valence-electron chi connectivity index (χ4n) is 1.73. The Balaban J connectivity index is 2.56. The van der Waals surface area contributed by atoms with E-state index in [1.807, 2.05) is 6.07 Å². The van der Waals surface area contributed by atoms with E-state index in [1.165, 1.54) is 6.07 Å². The summed E-state index contributed by atoms with van der Waals surface area (Å²) in [6.07, 6.45) is 0. The van der Waals surface area contributed by atoms with Gasteiger partial charge in [-0.1, -0.05) is 32.9 Å². The van der Waals surface area contributed by atoms with Crippen molar-refractivity contribution in [2.45, 2.75) is 26.2 Å². The van der Waals surface area contributed by atoms with Gasteiger partial charge in [-0.05, 0) is 36.7 Å². The summed E-state index contributed by atoms with van der Waals surface area (Å²) in [5, 5.41) is 3.39. The predicted molar refractivity (Wildman–Crippen MR) is 70.5 cm³/mol. The summed E-state index contributed by atoms with van der Waals surface area (Å²) in [6.45, 7) is 8.75. The van der Waals surface area contributed by atoms with Crippen molar-refractivity contribution in [3.8, 4) is 0 Å². The molecule has 0 aliphatic heterocycles. The van der Waals surface area contributed by atoms with Crippen LogP contribution in [0, 0.1) is 11.7 Å². The molecular formula is C14H23FN2. The topological polar surface area (TPSA) is 38.0 Å². The monoisotopic (exact) mass is 238 g/mol. The molecule has 3 N–H and O–H groups in total. The molecule has 1 atom stereocenters. The molecule has 0 spiro atoms. The summed E-state index contributed by atoms with van der Waals surface area (Å²) in [4.78, 5) is 0. The average Bonchev–Trinajstić information content (AvgIpc) is 2.28. The Morgan fingerprint density at radius 2 is 2.12 bits per heavy atom. The number of hydrogen-bond acceptors (Lipinski definition) is 2. The maximum absolute atomic E-state index is 13.2. The number of nitrogens with one attached hydrogen (secondary N) is 1. The molecule has 1 rings (SSSR count). The second-order valence-electron chi connectivity index (χ2n) is 5.37. The lowest BCUT2D eigenvalue weighted by molar-refractivity contribution is 0.433. The molecule has 0 saturated carbocycles. The van der Waals surface area contributed by atoms with E-state index < -0.39 is 0 Å². The first-order valence-electron chi connectivity index (χ1n) is 6.12. The van der Waals surface area contributed by atoms with E-state index in [1.54, 1.807) is 12.1 Å². The van der Waals surface area contributed by atoms with E-state index in [4.69, 9.17) is 5.73 Å². The molecule has 0 aromatic heterocycles. The van der Waals surface area contributed by atoms with Gasteiger partial charge in [0.25, 0.3) is 0 Å². The normalized spacial score (nSPS) is 13.7. The van der Waals surface area contributed by atoms with Crippen LogP contribution in [0.5, 0.6) is 0 Å². The minimum Gasteiger partial charge on any atom is -0.330 e. The van der Waals surface area contributed by atoms with E-state index in [9.17, 15) is 4.39 Å². The zero-order valence-electron chi connectivity index (χ0n) is 11.0. The van der Waals surface area contributed by atoms with Gasteiger partial charge in [0.2, 0.25) is 0 Å². The summed E-state index contributed by atoms with van der Waals surface area (Å²) < 4.78 is 13.2. The Morgan fingerprint density at radius 1 is 1.41 bits per heavy atom. The Labute approximate surface area is 103 Å². The largest absolute Gasteiger partial charge is 0.330 e. The van der Waals surface area contributed by atoms with Crippen LogP contribution in [-0.2, 0) is 5.41 Å². The molecule has 0 radical (unpaired) electrons. The Morgan fingerprint density at radius 3 is 2.71 bits per heavy atom. The van der Waals surface area contributed by atoms with Crippen LogP contribution in [0.1, 0.15) is 26.3 Å². The average molecular weight is 238 g/mol. The highest BCUT2D eigenvalue weighted by Crippen LogP contribution is 2.22. The molecule has 3 heteroatoms. The second kappa shape index (κ2) is 6.12. The van der Waals surface area contributed by atoms with Crippen LogP contribution in [0.3, 0.4) is 0 Å². The van der Waals surface area contributed by atoms with Crippen molar-refractivity contribution in [2.24, 2.45) is 11.7 Å². The van der Waals surface area contributed by atoms with Crippen molar-refractivity contribution in [1.82, 2.24) is 5.32 Å². The van der Waals surface area contributed by atoms with Gasteiger partial charge in [0.05, 0.1) is 0 Å². The molecule has 0 bridgehead atoms. The number of halogens is 1. The molecule has 0 amide bonds. The Bertz CT molecular complexity index is 350. The van der Waals surface area contributed by atoms with Crippen molar-refractivity contribution in [3.05, 3.63) is 35.6 Å². The minimum atomic E-state index is -0.175. The molecule has 0 fully saturated rings. The fourth-order valence-corrected chi connectivity index (χ4v) is 1.73. The third-order valence-corrected chi connectivity index (χ3v) is 3.07. The van der Waals surface area contributed by atoms with Gasteiger partial charge in [-0.2, -0.15) is 0 Å². The number of rotatable bonds is 6. The van der Waals surface area contributed by atoms with E-state index in [0.29, 0.717) is 12.5 Å². The molecule has 1 aromatic carbocycles. The number of benzene rings is 1. The van der Waals surface area contributed by atoms with Crippen LogP contribution in [-0.4, -0.2) is 19.6 Å². The van der Waals surface area contributed by atoms with E-state index >= 15 is 0 Å². The maximum Gasteiger partial charge on any atom is 0.123 e. The van der Waals surface area contributed by atoms with Crippen LogP contribution in [0.15, 0.2) is 24.3 Å². The molecule has 1 aromatic rings. The van der Waals surface area contributed by atoms with Crippen LogP contribution in [0.25, 0.3) is 0 Å². The third kappa shape index (κ3) is 4.44. The van der Waals surface area contributed by atoms with E-state index in [-0.39, 0.29) is 11.2 Å². The van der Waals surface area contributed by atoms with Gasteiger partial charge < -0.3 is 11.1 Å². The molecule has 0 heterocycles. The lowest BCUT2D eigenvalue weighted by Gasteiger charge is -2.26.